The van der Waals surface area contributed by atoms with Gasteiger partial charge in [-0.1, -0.05) is 12.1 Å². The predicted molar refractivity (Wildman–Crippen MR) is 87.7 cm³/mol. The summed E-state index contributed by atoms with van der Waals surface area (Å²) in [6.45, 7) is 4.28. The molecule has 1 amide bonds. The van der Waals surface area contributed by atoms with Gasteiger partial charge in [-0.2, -0.15) is 0 Å². The number of ether oxygens (including phenoxy) is 1. The highest BCUT2D eigenvalue weighted by Crippen LogP contribution is 2.32. The van der Waals surface area contributed by atoms with Gasteiger partial charge in [-0.15, -0.1) is 0 Å². The lowest BCUT2D eigenvalue weighted by Gasteiger charge is -2.37. The molecule has 1 aromatic heterocycles. The minimum Gasteiger partial charge on any atom is -0.485 e. The van der Waals surface area contributed by atoms with Crippen LogP contribution >= 0.6 is 0 Å². The van der Waals surface area contributed by atoms with E-state index in [2.05, 4.69) is 27.9 Å². The van der Waals surface area contributed by atoms with Crippen LogP contribution < -0.4 is 9.64 Å². The molecular formula is C17H20N4O2. The third-order valence-corrected chi connectivity index (χ3v) is 3.91. The number of nitrogens with zero attached hydrogens (tertiary/aromatic N) is 4. The smallest absolute Gasteiger partial charge is 0.273 e. The summed E-state index contributed by atoms with van der Waals surface area (Å²) in [4.78, 5) is 24.3. The molecular weight excluding hydrogens is 292 g/mol. The van der Waals surface area contributed by atoms with E-state index >= 15 is 0 Å². The number of rotatable bonds is 4. The quantitative estimate of drug-likeness (QED) is 0.862. The van der Waals surface area contributed by atoms with Crippen molar-refractivity contribution in [1.29, 1.82) is 0 Å². The highest BCUT2D eigenvalue weighted by Gasteiger charge is 2.27. The van der Waals surface area contributed by atoms with Gasteiger partial charge in [0.1, 0.15) is 17.5 Å². The zero-order valence-electron chi connectivity index (χ0n) is 13.3. The lowest BCUT2D eigenvalue weighted by molar-refractivity contribution is 0.0703. The highest BCUT2D eigenvalue weighted by molar-refractivity contribution is 5.91. The van der Waals surface area contributed by atoms with Crippen molar-refractivity contribution in [2.45, 2.75) is 13.0 Å². The Labute approximate surface area is 135 Å². The van der Waals surface area contributed by atoms with Crippen molar-refractivity contribution in [3.8, 4) is 5.75 Å². The Morgan fingerprint density at radius 1 is 1.39 bits per heavy atom. The van der Waals surface area contributed by atoms with E-state index in [4.69, 9.17) is 4.74 Å². The fourth-order valence-corrected chi connectivity index (χ4v) is 2.77. The van der Waals surface area contributed by atoms with E-state index in [-0.39, 0.29) is 12.0 Å². The fraction of sp³-hybridized carbons (Fsp3) is 0.353. The Hall–Kier alpha value is -2.63. The monoisotopic (exact) mass is 312 g/mol. The molecule has 1 aromatic carbocycles. The molecule has 0 N–H and O–H groups in total. The minimum atomic E-state index is -0.149. The van der Waals surface area contributed by atoms with E-state index in [1.165, 1.54) is 12.4 Å². The predicted octanol–water partition coefficient (Wildman–Crippen LogP) is 1.84. The molecule has 0 spiro atoms. The van der Waals surface area contributed by atoms with Gasteiger partial charge in [0.15, 0.2) is 0 Å². The van der Waals surface area contributed by atoms with Gasteiger partial charge in [0.2, 0.25) is 0 Å². The number of hydrogen-bond donors (Lipinski definition) is 0. The standard InChI is InChI=1S/C17H20N4O2/c1-3-21-12-13(23-16-7-5-4-6-15(16)21)11-20(2)17(22)14-10-18-8-9-19-14/h4-10,13H,3,11-12H2,1-2H3. The first-order chi connectivity index (χ1) is 11.2. The SMILES string of the molecule is CCN1CC(CN(C)C(=O)c2cnccn2)Oc2ccccc21. The molecule has 6 nitrogen and oxygen atoms in total. The zero-order valence-corrected chi connectivity index (χ0v) is 13.3. The zero-order chi connectivity index (χ0) is 16.2. The van der Waals surface area contributed by atoms with Gasteiger partial charge in [0, 0.05) is 26.0 Å². The van der Waals surface area contributed by atoms with E-state index in [1.807, 2.05) is 18.2 Å². The summed E-state index contributed by atoms with van der Waals surface area (Å²) >= 11 is 0. The van der Waals surface area contributed by atoms with Gasteiger partial charge in [0.25, 0.3) is 5.91 Å². The number of amides is 1. The number of anilines is 1. The second kappa shape index (κ2) is 6.64. The summed E-state index contributed by atoms with van der Waals surface area (Å²) in [5, 5.41) is 0. The minimum absolute atomic E-state index is 0.0736. The van der Waals surface area contributed by atoms with Crippen molar-refractivity contribution in [1.82, 2.24) is 14.9 Å². The lowest BCUT2D eigenvalue weighted by atomic mass is 10.2. The van der Waals surface area contributed by atoms with Crippen molar-refractivity contribution in [3.63, 3.8) is 0 Å². The van der Waals surface area contributed by atoms with Crippen molar-refractivity contribution in [3.05, 3.63) is 48.5 Å². The van der Waals surface area contributed by atoms with Crippen LogP contribution in [0.4, 0.5) is 5.69 Å². The van der Waals surface area contributed by atoms with Crippen molar-refractivity contribution < 1.29 is 9.53 Å². The summed E-state index contributed by atoms with van der Waals surface area (Å²) in [5.74, 6) is 0.717. The summed E-state index contributed by atoms with van der Waals surface area (Å²) in [6.07, 6.45) is 4.48. The van der Waals surface area contributed by atoms with Crippen LogP contribution in [0, 0.1) is 0 Å². The van der Waals surface area contributed by atoms with Crippen molar-refractivity contribution in [2.24, 2.45) is 0 Å². The summed E-state index contributed by atoms with van der Waals surface area (Å²) in [7, 11) is 1.76. The first kappa shape index (κ1) is 15.3. The number of aromatic nitrogens is 2. The van der Waals surface area contributed by atoms with E-state index in [0.29, 0.717) is 12.2 Å². The second-order valence-corrected chi connectivity index (χ2v) is 5.52. The molecule has 0 saturated heterocycles. The van der Waals surface area contributed by atoms with E-state index < -0.39 is 0 Å². The van der Waals surface area contributed by atoms with Gasteiger partial charge in [0.05, 0.1) is 25.0 Å². The lowest BCUT2D eigenvalue weighted by Crippen LogP contribution is -2.47. The topological polar surface area (TPSA) is 58.6 Å². The van der Waals surface area contributed by atoms with Gasteiger partial charge in [-0.25, -0.2) is 4.98 Å². The Morgan fingerprint density at radius 2 is 2.22 bits per heavy atom. The number of benzene rings is 1. The first-order valence-electron chi connectivity index (χ1n) is 7.71. The third kappa shape index (κ3) is 3.26. The number of likely N-dealkylation sites (N-methyl/N-ethyl adjacent to an activating group) is 2. The van der Waals surface area contributed by atoms with E-state index in [0.717, 1.165) is 24.5 Å². The van der Waals surface area contributed by atoms with E-state index in [9.17, 15) is 4.79 Å². The largest absolute Gasteiger partial charge is 0.485 e. The van der Waals surface area contributed by atoms with Crippen LogP contribution in [-0.4, -0.2) is 53.6 Å². The molecule has 2 aromatic rings. The summed E-state index contributed by atoms with van der Waals surface area (Å²) < 4.78 is 6.05. The maximum atomic E-state index is 12.4. The van der Waals surface area contributed by atoms with Gasteiger partial charge in [-0.05, 0) is 19.1 Å². The van der Waals surface area contributed by atoms with Crippen LogP contribution in [0.5, 0.6) is 5.75 Å². The molecule has 0 radical (unpaired) electrons. The molecule has 0 aliphatic carbocycles. The van der Waals surface area contributed by atoms with Gasteiger partial charge in [-0.3, -0.25) is 9.78 Å². The molecule has 1 aliphatic heterocycles. The number of para-hydroxylation sites is 2. The van der Waals surface area contributed by atoms with Crippen molar-refractivity contribution in [2.75, 3.05) is 31.6 Å². The number of carbonyl (C=O) groups excluding carboxylic acids is 1. The number of carbonyl (C=O) groups is 1. The maximum Gasteiger partial charge on any atom is 0.273 e. The third-order valence-electron chi connectivity index (χ3n) is 3.91. The molecule has 2 heterocycles. The average molecular weight is 312 g/mol. The summed E-state index contributed by atoms with van der Waals surface area (Å²) in [5.41, 5.74) is 1.45. The molecule has 0 fully saturated rings. The van der Waals surface area contributed by atoms with Crippen LogP contribution in [0.2, 0.25) is 0 Å². The molecule has 1 unspecified atom stereocenters. The molecule has 120 valence electrons. The molecule has 0 saturated carbocycles. The van der Waals surface area contributed by atoms with Crippen LogP contribution in [0.25, 0.3) is 0 Å². The maximum absolute atomic E-state index is 12.4. The molecule has 6 heteroatoms. The van der Waals surface area contributed by atoms with Gasteiger partial charge >= 0.3 is 0 Å². The number of fused-ring (bicyclic) bond motifs is 1. The molecule has 23 heavy (non-hydrogen) atoms. The average Bonchev–Trinajstić information content (AvgIpc) is 2.61. The number of hydrogen-bond acceptors (Lipinski definition) is 5. The van der Waals surface area contributed by atoms with Gasteiger partial charge < -0.3 is 14.5 Å². The summed E-state index contributed by atoms with van der Waals surface area (Å²) in [6, 6.07) is 8.00. The Balaban J connectivity index is 1.70. The molecule has 0 bridgehead atoms. The second-order valence-electron chi connectivity index (χ2n) is 5.52. The molecule has 1 atom stereocenters. The normalized spacial score (nSPS) is 16.4. The van der Waals surface area contributed by atoms with Crippen LogP contribution in [-0.2, 0) is 0 Å². The molecule has 3 rings (SSSR count). The Morgan fingerprint density at radius 3 is 2.96 bits per heavy atom. The van der Waals surface area contributed by atoms with Crippen LogP contribution in [0.1, 0.15) is 17.4 Å². The Bertz CT molecular complexity index is 677. The molecule has 1 aliphatic rings. The fourth-order valence-electron chi connectivity index (χ4n) is 2.77. The van der Waals surface area contributed by atoms with Crippen LogP contribution in [0.15, 0.2) is 42.9 Å². The Kier molecular flexibility index (Phi) is 4.41. The van der Waals surface area contributed by atoms with Crippen molar-refractivity contribution >= 4 is 11.6 Å². The first-order valence-corrected chi connectivity index (χ1v) is 7.71. The highest BCUT2D eigenvalue weighted by atomic mass is 16.5. The van der Waals surface area contributed by atoms with Crippen LogP contribution in [0.3, 0.4) is 0 Å². The van der Waals surface area contributed by atoms with E-state index in [1.54, 1.807) is 18.1 Å².